The predicted octanol–water partition coefficient (Wildman–Crippen LogP) is 4.61. The molecule has 0 spiro atoms. The van der Waals surface area contributed by atoms with E-state index < -0.39 is 5.60 Å². The quantitative estimate of drug-likeness (QED) is 0.395. The van der Waals surface area contributed by atoms with E-state index in [0.29, 0.717) is 17.8 Å². The lowest BCUT2D eigenvalue weighted by atomic mass is 9.48. The molecule has 0 amide bonds. The number of hydrogen-bond donors (Lipinski definition) is 0. The van der Waals surface area contributed by atoms with E-state index in [0.717, 1.165) is 32.1 Å². The van der Waals surface area contributed by atoms with Crippen LogP contribution in [0.1, 0.15) is 79.6 Å². The molecule has 3 unspecified atom stereocenters. The monoisotopic (exact) mass is 386 g/mol. The molecule has 4 aliphatic carbocycles. The third-order valence-corrected chi connectivity index (χ3v) is 9.69. The van der Waals surface area contributed by atoms with Crippen molar-refractivity contribution in [3.63, 3.8) is 0 Å². The Bertz CT molecular complexity index is 785. The van der Waals surface area contributed by atoms with Crippen molar-refractivity contribution in [3.05, 3.63) is 11.6 Å². The fourth-order valence-corrected chi connectivity index (χ4v) is 8.45. The van der Waals surface area contributed by atoms with Crippen molar-refractivity contribution in [2.24, 2.45) is 28.6 Å². The van der Waals surface area contributed by atoms with Crippen LogP contribution < -0.4 is 0 Å². The number of hydrogen-bond acceptors (Lipinski definition) is 4. The summed E-state index contributed by atoms with van der Waals surface area (Å²) in [5.74, 6) is 1.79. The molecule has 4 nitrogen and oxygen atoms in total. The van der Waals surface area contributed by atoms with Crippen LogP contribution in [0.2, 0.25) is 0 Å². The average Bonchev–Trinajstić information content (AvgIpc) is 3.19. The molecule has 5 rings (SSSR count). The highest BCUT2D eigenvalue weighted by molar-refractivity contribution is 5.91. The van der Waals surface area contributed by atoms with E-state index >= 15 is 0 Å². The Balaban J connectivity index is 1.46. The number of Topliss-reactive ketones (excluding diaryl/α,β-unsaturated/α-hetero) is 1. The van der Waals surface area contributed by atoms with Crippen molar-refractivity contribution in [1.82, 2.24) is 0 Å². The molecule has 1 heterocycles. The minimum atomic E-state index is -0.558. The summed E-state index contributed by atoms with van der Waals surface area (Å²) in [5.41, 5.74) is 0.985. The molecule has 0 aromatic heterocycles. The molecule has 0 bridgehead atoms. The lowest BCUT2D eigenvalue weighted by Gasteiger charge is -2.57. The molecule has 0 radical (unpaired) electrons. The predicted molar refractivity (Wildman–Crippen MR) is 106 cm³/mol. The summed E-state index contributed by atoms with van der Waals surface area (Å²) in [5, 5.41) is 0. The molecule has 3 saturated carbocycles. The zero-order chi connectivity index (χ0) is 20.1. The van der Waals surface area contributed by atoms with Gasteiger partial charge < -0.3 is 9.47 Å². The van der Waals surface area contributed by atoms with Gasteiger partial charge in [-0.3, -0.25) is 9.59 Å². The average molecular weight is 387 g/mol. The van der Waals surface area contributed by atoms with Crippen LogP contribution in [0.3, 0.4) is 0 Å². The normalized spacial score (nSPS) is 53.8. The molecule has 4 fully saturated rings. The van der Waals surface area contributed by atoms with Crippen LogP contribution in [0, 0.1) is 28.6 Å². The second kappa shape index (κ2) is 5.50. The number of fused-ring (bicyclic) bond motifs is 7. The van der Waals surface area contributed by atoms with Gasteiger partial charge in [-0.15, -0.1) is 0 Å². The van der Waals surface area contributed by atoms with Crippen LogP contribution in [-0.4, -0.2) is 29.1 Å². The third kappa shape index (κ3) is 2.06. The molecule has 0 aromatic rings. The SMILES string of the molecule is CC(=O)OC1CC[C@]2(C)C3=CC[C@@]4(C)[C@@H](CC5(C)O[C@]54C(C)=O)[C@@H]3CCC2C1. The van der Waals surface area contributed by atoms with Gasteiger partial charge in [0.25, 0.3) is 0 Å². The highest BCUT2D eigenvalue weighted by atomic mass is 16.6. The van der Waals surface area contributed by atoms with Gasteiger partial charge in [0.15, 0.2) is 11.4 Å². The van der Waals surface area contributed by atoms with E-state index in [-0.39, 0.29) is 34.3 Å². The molecule has 4 heteroatoms. The van der Waals surface area contributed by atoms with Crippen LogP contribution in [-0.2, 0) is 19.1 Å². The molecule has 1 saturated heterocycles. The minimum absolute atomic E-state index is 0.0696. The van der Waals surface area contributed by atoms with E-state index in [1.54, 1.807) is 12.5 Å². The highest BCUT2D eigenvalue weighted by Crippen LogP contribution is 2.76. The van der Waals surface area contributed by atoms with Crippen molar-refractivity contribution in [2.75, 3.05) is 0 Å². The van der Waals surface area contributed by atoms with Gasteiger partial charge in [-0.2, -0.15) is 0 Å². The van der Waals surface area contributed by atoms with Crippen LogP contribution >= 0.6 is 0 Å². The molecular formula is C24H34O4. The van der Waals surface area contributed by atoms with Crippen LogP contribution in [0.15, 0.2) is 11.6 Å². The summed E-state index contributed by atoms with van der Waals surface area (Å²) >= 11 is 0. The number of carbonyl (C=O) groups excluding carboxylic acids is 2. The molecular weight excluding hydrogens is 352 g/mol. The van der Waals surface area contributed by atoms with E-state index in [1.165, 1.54) is 19.8 Å². The Kier molecular flexibility index (Phi) is 3.70. The number of epoxide rings is 1. The molecule has 0 N–H and O–H groups in total. The van der Waals surface area contributed by atoms with Gasteiger partial charge in [0.2, 0.25) is 0 Å². The van der Waals surface area contributed by atoms with E-state index in [4.69, 9.17) is 9.47 Å². The number of ether oxygens (including phenoxy) is 2. The van der Waals surface area contributed by atoms with Gasteiger partial charge >= 0.3 is 5.97 Å². The lowest BCUT2D eigenvalue weighted by molar-refractivity contribution is -0.151. The van der Waals surface area contributed by atoms with E-state index in [9.17, 15) is 9.59 Å². The molecule has 5 aliphatic rings. The second-order valence-corrected chi connectivity index (χ2v) is 11.0. The summed E-state index contributed by atoms with van der Waals surface area (Å²) in [7, 11) is 0. The zero-order valence-corrected chi connectivity index (χ0v) is 18.0. The number of allylic oxidation sites excluding steroid dienone is 2. The Morgan fingerprint density at radius 3 is 2.57 bits per heavy atom. The van der Waals surface area contributed by atoms with Gasteiger partial charge in [-0.25, -0.2) is 0 Å². The number of carbonyl (C=O) groups is 2. The third-order valence-electron chi connectivity index (χ3n) is 9.69. The first kappa shape index (κ1) is 18.8. The summed E-state index contributed by atoms with van der Waals surface area (Å²) < 4.78 is 11.8. The number of rotatable bonds is 2. The minimum Gasteiger partial charge on any atom is -0.463 e. The smallest absolute Gasteiger partial charge is 0.302 e. The van der Waals surface area contributed by atoms with E-state index in [1.807, 2.05) is 0 Å². The summed E-state index contributed by atoms with van der Waals surface area (Å²) in [6.45, 7) is 10.2. The molecule has 154 valence electrons. The van der Waals surface area contributed by atoms with Crippen LogP contribution in [0.5, 0.6) is 0 Å². The maximum Gasteiger partial charge on any atom is 0.302 e. The molecule has 8 atom stereocenters. The van der Waals surface area contributed by atoms with Crippen molar-refractivity contribution in [1.29, 1.82) is 0 Å². The Morgan fingerprint density at radius 2 is 1.89 bits per heavy atom. The maximum absolute atomic E-state index is 12.7. The fourth-order valence-electron chi connectivity index (χ4n) is 8.45. The Morgan fingerprint density at radius 1 is 1.14 bits per heavy atom. The number of ketones is 1. The summed E-state index contributed by atoms with van der Waals surface area (Å²) in [6.07, 6.45) is 10.0. The lowest BCUT2D eigenvalue weighted by Crippen LogP contribution is -2.52. The van der Waals surface area contributed by atoms with Crippen molar-refractivity contribution >= 4 is 11.8 Å². The Labute approximate surface area is 168 Å². The van der Waals surface area contributed by atoms with Crippen LogP contribution in [0.25, 0.3) is 0 Å². The van der Waals surface area contributed by atoms with Crippen LogP contribution in [0.4, 0.5) is 0 Å². The topological polar surface area (TPSA) is 55.9 Å². The standard InChI is InChI=1S/C24H34O4/c1-14(25)24-22(4)11-9-19-18(20(22)13-23(24,5)28-24)7-6-16-12-17(27-15(2)26)8-10-21(16,19)3/h9,16-18,20H,6-8,10-13H2,1-5H3/t16?,17?,18-,20+,21+,22+,23?,24+/m1/s1. The van der Waals surface area contributed by atoms with Gasteiger partial charge in [-0.05, 0) is 82.0 Å². The maximum atomic E-state index is 12.7. The van der Waals surface area contributed by atoms with Gasteiger partial charge in [0.1, 0.15) is 11.7 Å². The van der Waals surface area contributed by atoms with Gasteiger partial charge in [-0.1, -0.05) is 25.5 Å². The number of esters is 1. The summed E-state index contributed by atoms with van der Waals surface area (Å²) in [4.78, 5) is 24.1. The highest BCUT2D eigenvalue weighted by Gasteiger charge is 2.85. The molecule has 0 aromatic carbocycles. The first-order valence-corrected chi connectivity index (χ1v) is 11.2. The fraction of sp³-hybridized carbons (Fsp3) is 0.833. The van der Waals surface area contributed by atoms with Crippen molar-refractivity contribution in [3.8, 4) is 0 Å². The zero-order valence-electron chi connectivity index (χ0n) is 18.0. The van der Waals surface area contributed by atoms with Crippen molar-refractivity contribution in [2.45, 2.75) is 96.9 Å². The first-order chi connectivity index (χ1) is 13.1. The Hall–Kier alpha value is -1.16. The largest absolute Gasteiger partial charge is 0.463 e. The van der Waals surface area contributed by atoms with Crippen molar-refractivity contribution < 1.29 is 19.1 Å². The first-order valence-electron chi connectivity index (χ1n) is 11.2. The molecule has 1 aliphatic heterocycles. The second-order valence-electron chi connectivity index (χ2n) is 11.0. The van der Waals surface area contributed by atoms with Gasteiger partial charge in [0.05, 0.1) is 0 Å². The van der Waals surface area contributed by atoms with E-state index in [2.05, 4.69) is 26.8 Å². The van der Waals surface area contributed by atoms with Gasteiger partial charge in [0, 0.05) is 12.3 Å². The molecule has 28 heavy (non-hydrogen) atoms. The summed E-state index contributed by atoms with van der Waals surface area (Å²) in [6, 6.07) is 0.